The normalized spacial score (nSPS) is 12.9. The number of rotatable bonds is 22. The van der Waals surface area contributed by atoms with E-state index in [-0.39, 0.29) is 30.2 Å². The van der Waals surface area contributed by atoms with E-state index in [1.807, 2.05) is 13.8 Å². The fraction of sp³-hybridized carbons (Fsp3) is 0.760. The number of aliphatic carboxylic acids is 1. The molecule has 14 nitrogen and oxygen atoms in total. The molecule has 39 heavy (non-hydrogen) atoms. The van der Waals surface area contributed by atoms with Gasteiger partial charge in [0, 0.05) is 26.1 Å². The molecule has 14 heteroatoms. The van der Waals surface area contributed by atoms with Crippen molar-refractivity contribution in [2.75, 3.05) is 19.6 Å². The average molecular weight is 556 g/mol. The van der Waals surface area contributed by atoms with Crippen molar-refractivity contribution in [3.05, 3.63) is 0 Å². The number of nitrogens with one attached hydrogen (secondary N) is 3. The number of carbonyl (C=O) groups excluding carboxylic acids is 3. The maximum absolute atomic E-state index is 12.9. The summed E-state index contributed by atoms with van der Waals surface area (Å²) in [4.78, 5) is 57.3. The number of amides is 3. The van der Waals surface area contributed by atoms with Gasteiger partial charge in [0.2, 0.25) is 17.7 Å². The van der Waals surface area contributed by atoms with Gasteiger partial charge in [-0.05, 0) is 31.6 Å². The fourth-order valence-corrected chi connectivity index (χ4v) is 3.69. The summed E-state index contributed by atoms with van der Waals surface area (Å²) in [5.41, 5.74) is 21.1. The van der Waals surface area contributed by atoms with E-state index in [4.69, 9.17) is 22.9 Å². The minimum Gasteiger partial charge on any atom is -0.481 e. The summed E-state index contributed by atoms with van der Waals surface area (Å²) in [6, 6.07) is -2.16. The molecule has 0 heterocycles. The standard InChI is InChI=1S/C25H49N9O5/c1-3-17(2)21(23(39)30-13-10-11-15-32-25(28)29)34-22(38)18(16-20(36)37)33-19(35)12-8-6-4-5-7-9-14-31-24(26)27/h17-18,21H,3-16H2,1-2H3,(H,30,39)(H,33,35)(H,34,38)(H,36,37)(H4,26,27,31)(H4,28,29,32)/t17-,18-,21-/m0/s1. The molecule has 12 N–H and O–H groups in total. The van der Waals surface area contributed by atoms with Crippen LogP contribution in [0.15, 0.2) is 9.98 Å². The topological polar surface area (TPSA) is 253 Å². The average Bonchev–Trinajstić information content (AvgIpc) is 2.86. The van der Waals surface area contributed by atoms with Crippen LogP contribution >= 0.6 is 0 Å². The molecule has 0 radical (unpaired) electrons. The number of hydrogen-bond donors (Lipinski definition) is 8. The smallest absolute Gasteiger partial charge is 0.305 e. The van der Waals surface area contributed by atoms with Crippen LogP contribution in [0.5, 0.6) is 0 Å². The van der Waals surface area contributed by atoms with E-state index < -0.39 is 36.3 Å². The molecule has 0 fully saturated rings. The zero-order valence-corrected chi connectivity index (χ0v) is 23.4. The second-order valence-electron chi connectivity index (χ2n) is 9.57. The SMILES string of the molecule is CC[C@H](C)[C@H](NC(=O)[C@H](CC(=O)O)NC(=O)CCCCCCCCN=C(N)N)C(=O)NCCCCN=C(N)N. The molecule has 0 aromatic rings. The molecule has 0 aliphatic carbocycles. The van der Waals surface area contributed by atoms with Crippen molar-refractivity contribution in [1.82, 2.24) is 16.0 Å². The molecule has 0 bridgehead atoms. The largest absolute Gasteiger partial charge is 0.481 e. The van der Waals surface area contributed by atoms with Gasteiger partial charge in [-0.15, -0.1) is 0 Å². The molecule has 0 unspecified atom stereocenters. The van der Waals surface area contributed by atoms with Crippen LogP contribution in [0.2, 0.25) is 0 Å². The van der Waals surface area contributed by atoms with Gasteiger partial charge in [0.05, 0.1) is 6.42 Å². The summed E-state index contributed by atoms with van der Waals surface area (Å²) in [5, 5.41) is 17.2. The first-order valence-corrected chi connectivity index (χ1v) is 13.7. The summed E-state index contributed by atoms with van der Waals surface area (Å²) in [7, 11) is 0. The lowest BCUT2D eigenvalue weighted by Gasteiger charge is -2.26. The first kappa shape index (κ1) is 35.4. The number of nitrogens with zero attached hydrogens (tertiary/aromatic N) is 2. The molecule has 0 aromatic carbocycles. The third-order valence-electron chi connectivity index (χ3n) is 6.11. The molecule has 224 valence electrons. The predicted octanol–water partition coefficient (Wildman–Crippen LogP) is -0.349. The zero-order valence-electron chi connectivity index (χ0n) is 23.4. The fourth-order valence-electron chi connectivity index (χ4n) is 3.69. The molecule has 3 atom stereocenters. The summed E-state index contributed by atoms with van der Waals surface area (Å²) in [5.74, 6) is -2.85. The third-order valence-corrected chi connectivity index (χ3v) is 6.11. The Kier molecular flexibility index (Phi) is 19.4. The molecule has 3 amide bonds. The first-order chi connectivity index (χ1) is 18.5. The van der Waals surface area contributed by atoms with E-state index in [9.17, 15) is 24.3 Å². The van der Waals surface area contributed by atoms with E-state index in [1.54, 1.807) is 0 Å². The predicted molar refractivity (Wildman–Crippen MR) is 151 cm³/mol. The van der Waals surface area contributed by atoms with Gasteiger partial charge >= 0.3 is 5.97 Å². The molecule has 0 aromatic heterocycles. The highest BCUT2D eigenvalue weighted by Gasteiger charge is 2.30. The van der Waals surface area contributed by atoms with Crippen LogP contribution in [0.25, 0.3) is 0 Å². The van der Waals surface area contributed by atoms with Crippen molar-refractivity contribution in [2.45, 2.75) is 96.6 Å². The van der Waals surface area contributed by atoms with Gasteiger partial charge < -0.3 is 44.0 Å². The Morgan fingerprint density at radius 2 is 1.31 bits per heavy atom. The highest BCUT2D eigenvalue weighted by atomic mass is 16.4. The second kappa shape index (κ2) is 21.4. The lowest BCUT2D eigenvalue weighted by molar-refractivity contribution is -0.141. The number of guanidine groups is 2. The third kappa shape index (κ3) is 19.2. The number of unbranched alkanes of at least 4 members (excludes halogenated alkanes) is 6. The van der Waals surface area contributed by atoms with E-state index >= 15 is 0 Å². The van der Waals surface area contributed by atoms with Crippen molar-refractivity contribution in [3.8, 4) is 0 Å². The van der Waals surface area contributed by atoms with Crippen LogP contribution in [-0.4, -0.2) is 72.4 Å². The lowest BCUT2D eigenvalue weighted by Crippen LogP contribution is -2.56. The molecule has 0 saturated carbocycles. The van der Waals surface area contributed by atoms with Crippen molar-refractivity contribution < 1.29 is 24.3 Å². The molecule has 0 aliphatic heterocycles. The van der Waals surface area contributed by atoms with Gasteiger partial charge in [-0.2, -0.15) is 0 Å². The molecular formula is C25H49N9O5. The maximum Gasteiger partial charge on any atom is 0.305 e. The van der Waals surface area contributed by atoms with Crippen molar-refractivity contribution >= 4 is 35.6 Å². The van der Waals surface area contributed by atoms with Crippen LogP contribution in [-0.2, 0) is 19.2 Å². The van der Waals surface area contributed by atoms with E-state index in [0.717, 1.165) is 32.1 Å². The van der Waals surface area contributed by atoms with E-state index in [1.165, 1.54) is 0 Å². The van der Waals surface area contributed by atoms with Crippen molar-refractivity contribution in [1.29, 1.82) is 0 Å². The maximum atomic E-state index is 12.9. The molecule has 0 rings (SSSR count). The number of carboxylic acid groups (broad SMARTS) is 1. The van der Waals surface area contributed by atoms with E-state index in [2.05, 4.69) is 25.9 Å². The van der Waals surface area contributed by atoms with Crippen LogP contribution in [0.4, 0.5) is 0 Å². The van der Waals surface area contributed by atoms with Gasteiger partial charge in [-0.25, -0.2) is 0 Å². The number of nitrogens with two attached hydrogens (primary N) is 4. The quantitative estimate of drug-likeness (QED) is 0.0492. The Labute approximate surface area is 231 Å². The zero-order chi connectivity index (χ0) is 29.6. The Bertz CT molecular complexity index is 812. The summed E-state index contributed by atoms with van der Waals surface area (Å²) in [6.45, 7) is 5.11. The number of hydrogen-bond acceptors (Lipinski definition) is 6. The summed E-state index contributed by atoms with van der Waals surface area (Å²) in [6.07, 6.45) is 6.73. The summed E-state index contributed by atoms with van der Waals surface area (Å²) >= 11 is 0. The minimum absolute atomic E-state index is 0.00823. The Morgan fingerprint density at radius 1 is 0.769 bits per heavy atom. The molecule has 0 aliphatic rings. The van der Waals surface area contributed by atoms with Crippen molar-refractivity contribution in [2.24, 2.45) is 38.8 Å². The van der Waals surface area contributed by atoms with Gasteiger partial charge in [-0.3, -0.25) is 29.2 Å². The van der Waals surface area contributed by atoms with Crippen LogP contribution in [0.1, 0.15) is 84.5 Å². The van der Waals surface area contributed by atoms with Gasteiger partial charge in [0.25, 0.3) is 0 Å². The number of aliphatic imine (C=N–C) groups is 2. The Hall–Kier alpha value is -3.58. The Balaban J connectivity index is 4.73. The number of carboxylic acids is 1. The van der Waals surface area contributed by atoms with Gasteiger partial charge in [0.15, 0.2) is 11.9 Å². The monoisotopic (exact) mass is 555 g/mol. The van der Waals surface area contributed by atoms with Gasteiger partial charge in [-0.1, -0.05) is 46.0 Å². The van der Waals surface area contributed by atoms with Crippen LogP contribution in [0.3, 0.4) is 0 Å². The van der Waals surface area contributed by atoms with Crippen LogP contribution in [0, 0.1) is 5.92 Å². The highest BCUT2D eigenvalue weighted by molar-refractivity contribution is 5.94. The summed E-state index contributed by atoms with van der Waals surface area (Å²) < 4.78 is 0. The van der Waals surface area contributed by atoms with Crippen LogP contribution < -0.4 is 38.9 Å². The van der Waals surface area contributed by atoms with E-state index in [0.29, 0.717) is 45.3 Å². The molecule has 0 saturated heterocycles. The van der Waals surface area contributed by atoms with Crippen molar-refractivity contribution in [3.63, 3.8) is 0 Å². The second-order valence-corrected chi connectivity index (χ2v) is 9.57. The molecular weight excluding hydrogens is 506 g/mol. The lowest BCUT2D eigenvalue weighted by atomic mass is 9.97. The minimum atomic E-state index is -1.29. The highest BCUT2D eigenvalue weighted by Crippen LogP contribution is 2.10. The molecule has 0 spiro atoms. The first-order valence-electron chi connectivity index (χ1n) is 13.7. The van der Waals surface area contributed by atoms with Gasteiger partial charge in [0.1, 0.15) is 12.1 Å². The Morgan fingerprint density at radius 3 is 1.85 bits per heavy atom. The number of carbonyl (C=O) groups is 4.